The van der Waals surface area contributed by atoms with Gasteiger partial charge in [-0.15, -0.1) is 5.48 Å². The molecule has 3 aromatic rings. The van der Waals surface area contributed by atoms with Crippen LogP contribution in [-0.4, -0.2) is 5.48 Å². The van der Waals surface area contributed by atoms with E-state index in [9.17, 15) is 5.11 Å². The lowest BCUT2D eigenvalue weighted by atomic mass is 9.95. The Morgan fingerprint density at radius 1 is 0.720 bits per heavy atom. The average Bonchev–Trinajstić information content (AvgIpc) is 2.61. The zero-order valence-electron chi connectivity index (χ0n) is 15.1. The molecule has 0 bridgehead atoms. The molecule has 3 rings (SSSR count). The Morgan fingerprint density at radius 3 is 1.96 bits per heavy atom. The third-order valence-corrected chi connectivity index (χ3v) is 5.76. The van der Waals surface area contributed by atoms with E-state index in [0.717, 1.165) is 30.2 Å². The summed E-state index contributed by atoms with van der Waals surface area (Å²) in [7, 11) is 0.731. The summed E-state index contributed by atoms with van der Waals surface area (Å²) in [6.07, 6.45) is 0. The molecule has 0 aliphatic heterocycles. The van der Waals surface area contributed by atoms with Crippen LogP contribution in [0, 0.1) is 27.7 Å². The Bertz CT molecular complexity index is 923. The third kappa shape index (κ3) is 3.74. The molecule has 0 saturated heterocycles. The number of hydrogen-bond donors (Lipinski definition) is 0. The van der Waals surface area contributed by atoms with Crippen molar-refractivity contribution in [3.8, 4) is 11.1 Å². The molecular formula is C23H22OP-. The summed E-state index contributed by atoms with van der Waals surface area (Å²) < 4.78 is 0. The monoisotopic (exact) mass is 345 g/mol. The second-order valence-electron chi connectivity index (χ2n) is 6.47. The van der Waals surface area contributed by atoms with Crippen LogP contribution in [-0.2, 0) is 0 Å². The number of aryl methyl sites for hydroxylation is 2. The van der Waals surface area contributed by atoms with Crippen LogP contribution in [0.1, 0.15) is 27.8 Å². The van der Waals surface area contributed by atoms with Crippen molar-refractivity contribution in [3.63, 3.8) is 0 Å². The molecule has 2 heteroatoms. The van der Waals surface area contributed by atoms with Crippen molar-refractivity contribution in [2.24, 2.45) is 0 Å². The van der Waals surface area contributed by atoms with Crippen molar-refractivity contribution in [2.75, 3.05) is 0 Å². The van der Waals surface area contributed by atoms with E-state index in [4.69, 9.17) is 0 Å². The molecular weight excluding hydrogens is 323 g/mol. The predicted octanol–water partition coefficient (Wildman–Crippen LogP) is 4.70. The smallest absolute Gasteiger partial charge is 0.000849 e. The van der Waals surface area contributed by atoms with E-state index < -0.39 is 0 Å². The van der Waals surface area contributed by atoms with Crippen molar-refractivity contribution in [2.45, 2.75) is 27.7 Å². The summed E-state index contributed by atoms with van der Waals surface area (Å²) in [6.45, 7) is 8.27. The van der Waals surface area contributed by atoms with E-state index >= 15 is 0 Å². The van der Waals surface area contributed by atoms with Crippen LogP contribution in [0.15, 0.2) is 60.7 Å². The van der Waals surface area contributed by atoms with Gasteiger partial charge in [0, 0.05) is 5.30 Å². The van der Waals surface area contributed by atoms with Crippen molar-refractivity contribution in [1.82, 2.24) is 0 Å². The van der Waals surface area contributed by atoms with Crippen molar-refractivity contribution in [1.29, 1.82) is 0 Å². The summed E-state index contributed by atoms with van der Waals surface area (Å²) in [5, 5.41) is 13.9. The quantitative estimate of drug-likeness (QED) is 0.631. The molecule has 0 saturated carbocycles. The fourth-order valence-electron chi connectivity index (χ4n) is 3.15. The standard InChI is InChI=1S/C23H23OP/c1-15-14-16(2)22(18(4)17(15)3)23(24)25-21-12-10-20(11-13-21)19-8-6-5-7-9-19/h5-14,24H,1-4H3/p-1. The normalized spacial score (nSPS) is 11.6. The van der Waals surface area contributed by atoms with E-state index in [0.29, 0.717) is 0 Å². The van der Waals surface area contributed by atoms with Gasteiger partial charge in [0.1, 0.15) is 0 Å². The van der Waals surface area contributed by atoms with E-state index in [1.165, 1.54) is 22.3 Å². The highest BCUT2D eigenvalue weighted by molar-refractivity contribution is 7.49. The van der Waals surface area contributed by atoms with Gasteiger partial charge in [0.15, 0.2) is 0 Å². The summed E-state index contributed by atoms with van der Waals surface area (Å²) >= 11 is 0. The van der Waals surface area contributed by atoms with Crippen LogP contribution in [0.5, 0.6) is 0 Å². The van der Waals surface area contributed by atoms with E-state index in [1.54, 1.807) is 0 Å². The fraction of sp³-hybridized carbons (Fsp3) is 0.174. The molecule has 3 aromatic carbocycles. The molecule has 0 fully saturated rings. The molecule has 126 valence electrons. The van der Waals surface area contributed by atoms with Crippen LogP contribution in [0.4, 0.5) is 0 Å². The second kappa shape index (κ2) is 7.35. The average molecular weight is 345 g/mol. The zero-order valence-corrected chi connectivity index (χ0v) is 16.0. The Hall–Kier alpha value is -2.21. The highest BCUT2D eigenvalue weighted by atomic mass is 31.1. The third-order valence-electron chi connectivity index (χ3n) is 4.78. The van der Waals surface area contributed by atoms with Gasteiger partial charge in [-0.3, -0.25) is 0 Å². The van der Waals surface area contributed by atoms with Crippen LogP contribution in [0.2, 0.25) is 0 Å². The molecule has 1 nitrogen and oxygen atoms in total. The Kier molecular flexibility index (Phi) is 5.18. The maximum absolute atomic E-state index is 12.9. The molecule has 0 N–H and O–H groups in total. The van der Waals surface area contributed by atoms with Gasteiger partial charge in [0.25, 0.3) is 0 Å². The van der Waals surface area contributed by atoms with Gasteiger partial charge >= 0.3 is 0 Å². The highest BCUT2D eigenvalue weighted by Crippen LogP contribution is 2.23. The molecule has 0 radical (unpaired) electrons. The minimum Gasteiger partial charge on any atom is -0.823 e. The molecule has 0 aliphatic carbocycles. The van der Waals surface area contributed by atoms with E-state index in [1.807, 2.05) is 37.3 Å². The topological polar surface area (TPSA) is 23.1 Å². The van der Waals surface area contributed by atoms with Gasteiger partial charge in [-0.2, -0.15) is 0 Å². The van der Waals surface area contributed by atoms with Crippen molar-refractivity contribution < 1.29 is 5.11 Å². The van der Waals surface area contributed by atoms with Gasteiger partial charge in [-0.05, 0) is 78.8 Å². The van der Waals surface area contributed by atoms with Crippen molar-refractivity contribution in [3.05, 3.63) is 88.5 Å². The maximum atomic E-state index is 12.9. The Labute approximate surface area is 151 Å². The van der Waals surface area contributed by atoms with Crippen LogP contribution >= 0.6 is 8.20 Å². The zero-order chi connectivity index (χ0) is 18.0. The summed E-state index contributed by atoms with van der Waals surface area (Å²) in [4.78, 5) is 0. The summed E-state index contributed by atoms with van der Waals surface area (Å²) in [5.74, 6) is 0. The molecule has 0 atom stereocenters. The highest BCUT2D eigenvalue weighted by Gasteiger charge is 2.07. The van der Waals surface area contributed by atoms with Gasteiger partial charge in [0.05, 0.1) is 0 Å². The first-order valence-electron chi connectivity index (χ1n) is 8.46. The van der Waals surface area contributed by atoms with Gasteiger partial charge in [-0.25, -0.2) is 0 Å². The maximum Gasteiger partial charge on any atom is 0.000849 e. The van der Waals surface area contributed by atoms with Gasteiger partial charge in [-0.1, -0.05) is 56.7 Å². The van der Waals surface area contributed by atoms with E-state index in [2.05, 4.69) is 51.1 Å². The largest absolute Gasteiger partial charge is 0.823 e. The first kappa shape index (κ1) is 17.6. The molecule has 0 aliphatic rings. The minimum atomic E-state index is 0.172. The van der Waals surface area contributed by atoms with Crippen LogP contribution < -0.4 is 10.4 Å². The lowest BCUT2D eigenvalue weighted by Gasteiger charge is -2.21. The van der Waals surface area contributed by atoms with Crippen molar-refractivity contribution >= 4 is 19.0 Å². The molecule has 0 unspecified atom stereocenters. The first-order valence-corrected chi connectivity index (χ1v) is 9.36. The summed E-state index contributed by atoms with van der Waals surface area (Å²) in [6, 6.07) is 20.7. The van der Waals surface area contributed by atoms with Gasteiger partial charge < -0.3 is 5.11 Å². The first-order chi connectivity index (χ1) is 12.0. The summed E-state index contributed by atoms with van der Waals surface area (Å²) in [5.41, 5.74) is 8.04. The SMILES string of the molecule is Cc1cc(C)c(C([O-])=Pc2ccc(-c3ccccc3)cc2)c(C)c1C. The van der Waals surface area contributed by atoms with Crippen LogP contribution in [0.3, 0.4) is 0 Å². The molecule has 0 aromatic heterocycles. The number of hydrogen-bond acceptors (Lipinski definition) is 1. The minimum absolute atomic E-state index is 0.172. The fourth-order valence-corrected chi connectivity index (χ4v) is 4.13. The molecule has 25 heavy (non-hydrogen) atoms. The lowest BCUT2D eigenvalue weighted by Crippen LogP contribution is -2.21. The second-order valence-corrected chi connectivity index (χ2v) is 7.61. The van der Waals surface area contributed by atoms with Crippen LogP contribution in [0.25, 0.3) is 11.1 Å². The number of rotatable bonds is 3. The van der Waals surface area contributed by atoms with Gasteiger partial charge in [0.2, 0.25) is 0 Å². The molecule has 0 amide bonds. The number of benzene rings is 3. The van der Waals surface area contributed by atoms with E-state index in [-0.39, 0.29) is 5.48 Å². The molecule has 0 spiro atoms. The lowest BCUT2D eigenvalue weighted by molar-refractivity contribution is -0.207. The Morgan fingerprint density at radius 2 is 1.32 bits per heavy atom. The Balaban J connectivity index is 1.95. The predicted molar refractivity (Wildman–Crippen MR) is 108 cm³/mol. The molecule has 0 heterocycles.